The molecule has 0 fully saturated rings. The van der Waals surface area contributed by atoms with E-state index >= 15 is 0 Å². The summed E-state index contributed by atoms with van der Waals surface area (Å²) in [6.45, 7) is 0.717. The zero-order chi connectivity index (χ0) is 12.4. The van der Waals surface area contributed by atoms with Crippen molar-refractivity contribution in [3.8, 4) is 5.75 Å². The lowest BCUT2D eigenvalue weighted by atomic mass is 10.1. The summed E-state index contributed by atoms with van der Waals surface area (Å²) in [4.78, 5) is 4.63. The van der Waals surface area contributed by atoms with Gasteiger partial charge in [-0.3, -0.25) is 0 Å². The first kappa shape index (κ1) is 11.7. The second-order valence-electron chi connectivity index (χ2n) is 4.34. The van der Waals surface area contributed by atoms with Crippen LogP contribution in [0.25, 0.3) is 0 Å². The van der Waals surface area contributed by atoms with Crippen molar-refractivity contribution in [2.45, 2.75) is 18.9 Å². The fourth-order valence-corrected chi connectivity index (χ4v) is 2.99. The molecule has 0 N–H and O–H groups in total. The fourth-order valence-electron chi connectivity index (χ4n) is 2.11. The summed E-state index contributed by atoms with van der Waals surface area (Å²) in [6, 6.07) is 8.20. The van der Waals surface area contributed by atoms with Crippen molar-refractivity contribution in [1.29, 1.82) is 0 Å². The maximum absolute atomic E-state index is 5.93. The molecule has 0 amide bonds. The van der Waals surface area contributed by atoms with E-state index in [2.05, 4.69) is 22.5 Å². The van der Waals surface area contributed by atoms with E-state index in [0.29, 0.717) is 0 Å². The minimum atomic E-state index is 0.0868. The number of hydrogen-bond acceptors (Lipinski definition) is 4. The lowest BCUT2D eigenvalue weighted by molar-refractivity contribution is 0.201. The Kier molecular flexibility index (Phi) is 3.30. The van der Waals surface area contributed by atoms with Gasteiger partial charge in [-0.25, -0.2) is 4.98 Å². The number of thiazole rings is 1. The number of benzene rings is 1. The monoisotopic (exact) mass is 261 g/mol. The first-order valence-corrected chi connectivity index (χ1v) is 6.92. The van der Waals surface area contributed by atoms with Crippen molar-refractivity contribution in [3.05, 3.63) is 45.9 Å². The predicted octanol–water partition coefficient (Wildman–Crippen LogP) is 3.01. The van der Waals surface area contributed by atoms with Gasteiger partial charge < -0.3 is 9.47 Å². The number of methoxy groups -OCH3 is 1. The van der Waals surface area contributed by atoms with Gasteiger partial charge in [0, 0.05) is 25.3 Å². The Labute approximate surface area is 110 Å². The van der Waals surface area contributed by atoms with Crippen LogP contribution in [0.2, 0.25) is 0 Å². The summed E-state index contributed by atoms with van der Waals surface area (Å²) in [5, 5.41) is 3.16. The van der Waals surface area contributed by atoms with Crippen LogP contribution in [0.15, 0.2) is 29.6 Å². The molecule has 0 saturated carbocycles. The van der Waals surface area contributed by atoms with Crippen molar-refractivity contribution >= 4 is 11.3 Å². The zero-order valence-corrected chi connectivity index (χ0v) is 11.1. The van der Waals surface area contributed by atoms with Gasteiger partial charge in [0.1, 0.15) is 10.8 Å². The molecule has 3 nitrogen and oxygen atoms in total. The van der Waals surface area contributed by atoms with E-state index in [1.165, 1.54) is 5.56 Å². The molecule has 2 heterocycles. The second kappa shape index (κ2) is 5.08. The third-order valence-corrected chi connectivity index (χ3v) is 4.04. The Morgan fingerprint density at radius 3 is 3.17 bits per heavy atom. The van der Waals surface area contributed by atoms with E-state index in [-0.39, 0.29) is 6.10 Å². The van der Waals surface area contributed by atoms with Crippen molar-refractivity contribution in [1.82, 2.24) is 4.98 Å². The van der Waals surface area contributed by atoms with Crippen LogP contribution < -0.4 is 4.74 Å². The van der Waals surface area contributed by atoms with E-state index in [0.717, 1.165) is 35.9 Å². The van der Waals surface area contributed by atoms with Crippen LogP contribution in [0.5, 0.6) is 5.75 Å². The molecule has 1 aliphatic heterocycles. The smallest absolute Gasteiger partial charge is 0.154 e. The van der Waals surface area contributed by atoms with E-state index in [1.54, 1.807) is 18.4 Å². The molecule has 3 rings (SSSR count). The quantitative estimate of drug-likeness (QED) is 0.847. The normalized spacial score (nSPS) is 17.5. The molecule has 1 atom stereocenters. The summed E-state index contributed by atoms with van der Waals surface area (Å²) in [6.07, 6.45) is 1.88. The van der Waals surface area contributed by atoms with Crippen molar-refractivity contribution in [2.24, 2.45) is 0 Å². The molecule has 1 aliphatic rings. The molecule has 0 bridgehead atoms. The topological polar surface area (TPSA) is 31.4 Å². The highest BCUT2D eigenvalue weighted by atomic mass is 32.1. The Hall–Kier alpha value is -1.39. The maximum Gasteiger partial charge on any atom is 0.154 e. The van der Waals surface area contributed by atoms with Gasteiger partial charge in [-0.05, 0) is 11.6 Å². The zero-order valence-electron chi connectivity index (χ0n) is 10.3. The molecule has 1 unspecified atom stereocenters. The molecule has 0 spiro atoms. The summed E-state index contributed by atoms with van der Waals surface area (Å²) in [5.74, 6) is 0.996. The molecule has 94 valence electrons. The van der Waals surface area contributed by atoms with Gasteiger partial charge in [-0.1, -0.05) is 18.2 Å². The Balaban J connectivity index is 1.72. The van der Waals surface area contributed by atoms with Gasteiger partial charge >= 0.3 is 0 Å². The average Bonchev–Trinajstić information content (AvgIpc) is 3.02. The van der Waals surface area contributed by atoms with Gasteiger partial charge in [0.05, 0.1) is 12.3 Å². The van der Waals surface area contributed by atoms with Crippen molar-refractivity contribution in [3.63, 3.8) is 0 Å². The predicted molar refractivity (Wildman–Crippen MR) is 71.2 cm³/mol. The van der Waals surface area contributed by atoms with E-state index in [4.69, 9.17) is 9.47 Å². The highest BCUT2D eigenvalue weighted by Gasteiger charge is 2.26. The van der Waals surface area contributed by atoms with Crippen LogP contribution in [0, 0.1) is 0 Å². The van der Waals surface area contributed by atoms with Crippen LogP contribution in [-0.2, 0) is 17.6 Å². The Morgan fingerprint density at radius 2 is 2.33 bits per heavy atom. The molecule has 0 saturated heterocycles. The average molecular weight is 261 g/mol. The number of para-hydroxylation sites is 1. The lowest BCUT2D eigenvalue weighted by Gasteiger charge is -2.06. The third-order valence-electron chi connectivity index (χ3n) is 3.05. The molecule has 0 radical (unpaired) electrons. The summed E-state index contributed by atoms with van der Waals surface area (Å²) in [7, 11) is 1.71. The molecule has 18 heavy (non-hydrogen) atoms. The lowest BCUT2D eigenvalue weighted by Crippen LogP contribution is -2.03. The van der Waals surface area contributed by atoms with Crippen LogP contribution in [0.1, 0.15) is 22.4 Å². The van der Waals surface area contributed by atoms with E-state index in [1.807, 2.05) is 12.1 Å². The van der Waals surface area contributed by atoms with Crippen molar-refractivity contribution in [2.75, 3.05) is 13.7 Å². The highest BCUT2D eigenvalue weighted by Crippen LogP contribution is 2.37. The third kappa shape index (κ3) is 2.26. The molecule has 0 aliphatic carbocycles. The summed E-state index contributed by atoms with van der Waals surface area (Å²) < 4.78 is 11.0. The maximum atomic E-state index is 5.93. The van der Waals surface area contributed by atoms with Gasteiger partial charge in [0.2, 0.25) is 0 Å². The van der Waals surface area contributed by atoms with Crippen molar-refractivity contribution < 1.29 is 9.47 Å². The summed E-state index contributed by atoms with van der Waals surface area (Å²) in [5.41, 5.74) is 2.37. The summed E-state index contributed by atoms with van der Waals surface area (Å²) >= 11 is 1.68. The van der Waals surface area contributed by atoms with Crippen LogP contribution in [0.3, 0.4) is 0 Å². The molecule has 1 aromatic carbocycles. The van der Waals surface area contributed by atoms with Gasteiger partial charge in [0.25, 0.3) is 0 Å². The van der Waals surface area contributed by atoms with E-state index < -0.39 is 0 Å². The van der Waals surface area contributed by atoms with Crippen LogP contribution in [-0.4, -0.2) is 18.7 Å². The van der Waals surface area contributed by atoms with Gasteiger partial charge in [-0.15, -0.1) is 11.3 Å². The van der Waals surface area contributed by atoms with Gasteiger partial charge in [-0.2, -0.15) is 0 Å². The number of nitrogens with zero attached hydrogens (tertiary/aromatic N) is 1. The minimum Gasteiger partial charge on any atom is -0.483 e. The molecular formula is C14H15NO2S. The first-order chi connectivity index (χ1) is 8.86. The second-order valence-corrected chi connectivity index (χ2v) is 5.23. The Morgan fingerprint density at radius 1 is 1.44 bits per heavy atom. The Bertz CT molecular complexity index is 513. The SMILES string of the molecule is COCCc1csc(C2Cc3ccccc3O2)n1. The minimum absolute atomic E-state index is 0.0868. The number of hydrogen-bond donors (Lipinski definition) is 0. The molecule has 4 heteroatoms. The molecule has 1 aromatic heterocycles. The molecule has 2 aromatic rings. The highest BCUT2D eigenvalue weighted by molar-refractivity contribution is 7.09. The number of fused-ring (bicyclic) bond motifs is 1. The number of rotatable bonds is 4. The fraction of sp³-hybridized carbons (Fsp3) is 0.357. The molecular weight excluding hydrogens is 246 g/mol. The number of ether oxygens (including phenoxy) is 2. The van der Waals surface area contributed by atoms with Gasteiger partial charge in [0.15, 0.2) is 6.10 Å². The standard InChI is InChI=1S/C14H15NO2S/c1-16-7-6-11-9-18-14(15-11)13-8-10-4-2-3-5-12(10)17-13/h2-5,9,13H,6-8H2,1H3. The number of aromatic nitrogens is 1. The first-order valence-electron chi connectivity index (χ1n) is 6.04. The van der Waals surface area contributed by atoms with Crippen LogP contribution in [0.4, 0.5) is 0 Å². The van der Waals surface area contributed by atoms with Crippen LogP contribution >= 0.6 is 11.3 Å². The largest absolute Gasteiger partial charge is 0.483 e. The van der Waals surface area contributed by atoms with E-state index in [9.17, 15) is 0 Å².